The van der Waals surface area contributed by atoms with E-state index in [1.165, 1.54) is 4.90 Å². The number of ether oxygens (including phenoxy) is 1. The van der Waals surface area contributed by atoms with Gasteiger partial charge in [-0.3, -0.25) is 14.6 Å². The molecule has 0 saturated carbocycles. The van der Waals surface area contributed by atoms with Gasteiger partial charge in [0.1, 0.15) is 23.7 Å². The third kappa shape index (κ3) is 4.27. The summed E-state index contributed by atoms with van der Waals surface area (Å²) in [4.78, 5) is 37.0. The zero-order valence-electron chi connectivity index (χ0n) is 20.6. The number of Topliss-reactive ketones (excluding diaryl/α,β-unsaturated/α-hetero) is 1. The summed E-state index contributed by atoms with van der Waals surface area (Å²) in [5.74, 6) is -1.22. The topological polar surface area (TPSA) is 97.0 Å². The fourth-order valence-electron chi connectivity index (χ4n) is 4.68. The molecular weight excluding hydrogens is 468 g/mol. The van der Waals surface area contributed by atoms with Crippen molar-refractivity contribution in [2.75, 3.05) is 6.61 Å². The number of nitrogens with zero attached hydrogens (tertiary/aromatic N) is 4. The molecule has 5 rings (SSSR count). The van der Waals surface area contributed by atoms with Gasteiger partial charge in [0.2, 0.25) is 0 Å². The van der Waals surface area contributed by atoms with Crippen LogP contribution in [0.1, 0.15) is 34.1 Å². The summed E-state index contributed by atoms with van der Waals surface area (Å²) in [5.41, 5.74) is 3.89. The molecule has 1 aromatic carbocycles. The second-order valence-electron chi connectivity index (χ2n) is 8.89. The van der Waals surface area contributed by atoms with Gasteiger partial charge in [0.25, 0.3) is 11.7 Å². The number of aryl methyl sites for hydroxylation is 2. The van der Waals surface area contributed by atoms with Crippen LogP contribution >= 0.6 is 0 Å². The molecule has 1 atom stereocenters. The predicted molar refractivity (Wildman–Crippen MR) is 139 cm³/mol. The summed E-state index contributed by atoms with van der Waals surface area (Å²) >= 11 is 0. The summed E-state index contributed by atoms with van der Waals surface area (Å²) in [6, 6.07) is 13.7. The maximum Gasteiger partial charge on any atom is 0.295 e. The number of imidazole rings is 1. The van der Waals surface area contributed by atoms with Crippen LogP contribution in [0.5, 0.6) is 5.75 Å². The number of likely N-dealkylation sites (tertiary alicyclic amines) is 1. The zero-order valence-corrected chi connectivity index (χ0v) is 20.6. The van der Waals surface area contributed by atoms with Crippen LogP contribution in [0.2, 0.25) is 0 Å². The Labute approximate surface area is 214 Å². The van der Waals surface area contributed by atoms with Gasteiger partial charge in [0.05, 0.1) is 17.3 Å². The molecule has 1 N–H and O–H groups in total. The predicted octanol–water partition coefficient (Wildman–Crippen LogP) is 4.53. The van der Waals surface area contributed by atoms with Crippen LogP contribution < -0.4 is 4.74 Å². The van der Waals surface area contributed by atoms with Gasteiger partial charge in [0, 0.05) is 25.1 Å². The molecule has 1 unspecified atom stereocenters. The smallest absolute Gasteiger partial charge is 0.295 e. The van der Waals surface area contributed by atoms with E-state index in [1.54, 1.807) is 42.7 Å². The van der Waals surface area contributed by atoms with E-state index >= 15 is 0 Å². The van der Waals surface area contributed by atoms with Crippen molar-refractivity contribution >= 4 is 23.1 Å². The lowest BCUT2D eigenvalue weighted by Crippen LogP contribution is -2.29. The Bertz CT molecular complexity index is 1550. The average molecular weight is 495 g/mol. The molecule has 8 nitrogen and oxygen atoms in total. The highest BCUT2D eigenvalue weighted by Gasteiger charge is 2.46. The average Bonchev–Trinajstić information content (AvgIpc) is 3.38. The summed E-state index contributed by atoms with van der Waals surface area (Å²) in [6.45, 7) is 7.86. The lowest BCUT2D eigenvalue weighted by Gasteiger charge is -2.25. The van der Waals surface area contributed by atoms with E-state index in [0.717, 1.165) is 11.1 Å². The Morgan fingerprint density at radius 3 is 2.73 bits per heavy atom. The minimum Gasteiger partial charge on any atom is -0.505 e. The molecule has 4 aromatic rings. The number of amides is 1. The Morgan fingerprint density at radius 2 is 2.00 bits per heavy atom. The first-order valence-electron chi connectivity index (χ1n) is 11.9. The normalized spacial score (nSPS) is 16.9. The van der Waals surface area contributed by atoms with Crippen molar-refractivity contribution in [3.05, 3.63) is 113 Å². The van der Waals surface area contributed by atoms with Crippen LogP contribution in [0.4, 0.5) is 0 Å². The molecule has 4 heterocycles. The maximum absolute atomic E-state index is 13.5. The maximum atomic E-state index is 13.5. The van der Waals surface area contributed by atoms with Gasteiger partial charge in [-0.25, -0.2) is 4.98 Å². The lowest BCUT2D eigenvalue weighted by molar-refractivity contribution is -0.140. The number of ketones is 1. The number of carbonyl (C=O) groups excluding carboxylic acids is 2. The number of carbonyl (C=O) groups is 2. The number of aliphatic hydroxyl groups is 1. The van der Waals surface area contributed by atoms with Gasteiger partial charge in [-0.15, -0.1) is 0 Å². The highest BCUT2D eigenvalue weighted by atomic mass is 16.5. The van der Waals surface area contributed by atoms with E-state index in [9.17, 15) is 14.7 Å². The fourth-order valence-corrected chi connectivity index (χ4v) is 4.68. The molecule has 1 aliphatic heterocycles. The highest BCUT2D eigenvalue weighted by molar-refractivity contribution is 6.46. The molecule has 1 fully saturated rings. The van der Waals surface area contributed by atoms with Gasteiger partial charge in [-0.05, 0) is 54.8 Å². The van der Waals surface area contributed by atoms with Crippen LogP contribution in [0.15, 0.2) is 85.3 Å². The zero-order chi connectivity index (χ0) is 26.1. The van der Waals surface area contributed by atoms with Crippen molar-refractivity contribution in [1.82, 2.24) is 19.3 Å². The fraction of sp³-hybridized carbons (Fsp3) is 0.172. The molecule has 37 heavy (non-hydrogen) atoms. The van der Waals surface area contributed by atoms with E-state index in [-0.39, 0.29) is 23.6 Å². The number of hydrogen-bond acceptors (Lipinski definition) is 6. The SMILES string of the molecule is C=CCOc1cccc(C2/C(=C(\O)c3nc4c(C)cccn4c3C)C(=O)C(=O)N2Cc2cccnc2)c1. The largest absolute Gasteiger partial charge is 0.505 e. The number of aromatic nitrogens is 3. The Kier molecular flexibility index (Phi) is 6.31. The molecule has 0 radical (unpaired) electrons. The Hall–Kier alpha value is -4.72. The first-order valence-corrected chi connectivity index (χ1v) is 11.9. The molecule has 1 aliphatic rings. The Balaban J connectivity index is 1.69. The number of hydrogen-bond donors (Lipinski definition) is 1. The third-order valence-corrected chi connectivity index (χ3v) is 6.47. The standard InChI is InChI=1S/C29H26N4O4/c1-4-14-37-22-11-5-10-21(15-22)25-23(27(35)29(36)33(25)17-20-9-6-12-30-16-20)26(34)24-19(3)32-13-7-8-18(2)28(32)31-24/h4-13,15-16,25,34H,1,14,17H2,2-3H3/b26-23+. The van der Waals surface area contributed by atoms with Crippen LogP contribution in [0.3, 0.4) is 0 Å². The molecule has 3 aromatic heterocycles. The summed E-state index contributed by atoms with van der Waals surface area (Å²) < 4.78 is 7.56. The third-order valence-electron chi connectivity index (χ3n) is 6.47. The molecule has 1 amide bonds. The monoisotopic (exact) mass is 494 g/mol. The second kappa shape index (κ2) is 9.73. The summed E-state index contributed by atoms with van der Waals surface area (Å²) in [5, 5.41) is 11.6. The number of fused-ring (bicyclic) bond motifs is 1. The van der Waals surface area contributed by atoms with Crippen LogP contribution in [-0.4, -0.2) is 42.7 Å². The molecule has 0 spiro atoms. The molecular formula is C29H26N4O4. The number of rotatable bonds is 7. The Morgan fingerprint density at radius 1 is 1.16 bits per heavy atom. The molecule has 0 aliphatic carbocycles. The van der Waals surface area contributed by atoms with E-state index < -0.39 is 17.7 Å². The van der Waals surface area contributed by atoms with Crippen LogP contribution in [0.25, 0.3) is 11.4 Å². The molecule has 186 valence electrons. The molecule has 8 heteroatoms. The number of aliphatic hydroxyl groups excluding tert-OH is 1. The van der Waals surface area contributed by atoms with E-state index in [0.29, 0.717) is 29.3 Å². The summed E-state index contributed by atoms with van der Waals surface area (Å²) in [6.07, 6.45) is 6.77. The van der Waals surface area contributed by atoms with Gasteiger partial charge < -0.3 is 19.1 Å². The second-order valence-corrected chi connectivity index (χ2v) is 8.89. The van der Waals surface area contributed by atoms with Crippen molar-refractivity contribution < 1.29 is 19.4 Å². The minimum atomic E-state index is -0.849. The first-order chi connectivity index (χ1) is 17.9. The highest BCUT2D eigenvalue weighted by Crippen LogP contribution is 2.41. The van der Waals surface area contributed by atoms with Crippen molar-refractivity contribution in [1.29, 1.82) is 0 Å². The number of benzene rings is 1. The summed E-state index contributed by atoms with van der Waals surface area (Å²) in [7, 11) is 0. The van der Waals surface area contributed by atoms with E-state index in [2.05, 4.69) is 16.5 Å². The van der Waals surface area contributed by atoms with Crippen molar-refractivity contribution in [3.63, 3.8) is 0 Å². The molecule has 1 saturated heterocycles. The van der Waals surface area contributed by atoms with Gasteiger partial charge in [-0.2, -0.15) is 0 Å². The first kappa shape index (κ1) is 24.0. The van der Waals surface area contributed by atoms with Crippen LogP contribution in [0, 0.1) is 13.8 Å². The van der Waals surface area contributed by atoms with Gasteiger partial charge in [-0.1, -0.05) is 36.9 Å². The van der Waals surface area contributed by atoms with Crippen molar-refractivity contribution in [3.8, 4) is 5.75 Å². The van der Waals surface area contributed by atoms with Gasteiger partial charge in [0.15, 0.2) is 5.76 Å². The molecule has 0 bridgehead atoms. The van der Waals surface area contributed by atoms with Gasteiger partial charge >= 0.3 is 0 Å². The van der Waals surface area contributed by atoms with Crippen molar-refractivity contribution in [2.24, 2.45) is 0 Å². The van der Waals surface area contributed by atoms with E-state index in [4.69, 9.17) is 4.74 Å². The van der Waals surface area contributed by atoms with E-state index in [1.807, 2.05) is 48.7 Å². The van der Waals surface area contributed by atoms with Crippen molar-refractivity contribution in [2.45, 2.75) is 26.4 Å². The number of pyridine rings is 2. The quantitative estimate of drug-likeness (QED) is 0.175. The lowest BCUT2D eigenvalue weighted by atomic mass is 9.96. The van der Waals surface area contributed by atoms with Crippen LogP contribution in [-0.2, 0) is 16.1 Å². The minimum absolute atomic E-state index is 0.0149.